The Kier molecular flexibility index (Phi) is 6.94. The molecular weight excluding hydrogens is 224 g/mol. The molecule has 15 heavy (non-hydrogen) atoms. The van der Waals surface area contributed by atoms with Crippen molar-refractivity contribution in [2.45, 2.75) is 45.5 Å². The van der Waals surface area contributed by atoms with Crippen LogP contribution >= 0.6 is 0 Å². The van der Waals surface area contributed by atoms with E-state index in [2.05, 4.69) is 20.8 Å². The highest BCUT2D eigenvalue weighted by molar-refractivity contribution is 6.75. The summed E-state index contributed by atoms with van der Waals surface area (Å²) in [5.41, 5.74) is 0. The highest BCUT2D eigenvalue weighted by atomic mass is 28.4. The van der Waals surface area contributed by atoms with Gasteiger partial charge in [-0.15, -0.1) is 0 Å². The van der Waals surface area contributed by atoms with E-state index in [0.717, 1.165) is 0 Å². The zero-order chi connectivity index (χ0) is 11.9. The molecule has 0 aromatic carbocycles. The quantitative estimate of drug-likeness (QED) is 0.620. The van der Waals surface area contributed by atoms with Crippen LogP contribution in [-0.2, 0) is 13.3 Å². The topological polar surface area (TPSA) is 27.7 Å². The summed E-state index contributed by atoms with van der Waals surface area (Å²) in [4.78, 5) is 0. The maximum atomic E-state index is 6.17. The third-order valence-electron chi connectivity index (χ3n) is 3.44. The summed E-state index contributed by atoms with van der Waals surface area (Å²) in [6.45, 7) is 8.75. The van der Waals surface area contributed by atoms with Crippen LogP contribution in [0.25, 0.3) is 0 Å². The Labute approximate surface area is 96.5 Å². The summed E-state index contributed by atoms with van der Waals surface area (Å²) in [7, 11) is -0.0995. The molecule has 0 saturated heterocycles. The van der Waals surface area contributed by atoms with Crippen molar-refractivity contribution in [1.82, 2.24) is 0 Å². The molecule has 3 nitrogen and oxygen atoms in total. The molecule has 0 fully saturated rings. The van der Waals surface area contributed by atoms with Gasteiger partial charge in [-0.05, 0) is 24.7 Å². The van der Waals surface area contributed by atoms with E-state index in [9.17, 15) is 0 Å². The van der Waals surface area contributed by atoms with Crippen LogP contribution in [0.5, 0.6) is 0 Å². The second-order valence-electron chi connectivity index (χ2n) is 4.07. The third kappa shape index (κ3) is 4.36. The molecule has 0 unspecified atom stereocenters. The van der Waals surface area contributed by atoms with Gasteiger partial charge in [0.2, 0.25) is 0 Å². The second-order valence-corrected chi connectivity index (χ2v) is 12.2. The van der Waals surface area contributed by atoms with Gasteiger partial charge in [-0.3, -0.25) is 0 Å². The van der Waals surface area contributed by atoms with Gasteiger partial charge >= 0.3 is 8.56 Å². The lowest BCUT2D eigenvalue weighted by Gasteiger charge is -2.32. The van der Waals surface area contributed by atoms with E-state index in [4.69, 9.17) is 13.3 Å². The van der Waals surface area contributed by atoms with Crippen molar-refractivity contribution in [3.8, 4) is 0 Å². The van der Waals surface area contributed by atoms with Gasteiger partial charge in [-0.25, -0.2) is 0 Å². The Morgan fingerprint density at radius 1 is 0.867 bits per heavy atom. The Morgan fingerprint density at radius 3 is 1.53 bits per heavy atom. The van der Waals surface area contributed by atoms with Crippen molar-refractivity contribution < 1.29 is 13.3 Å². The molecule has 0 aliphatic rings. The molecule has 0 heterocycles. The standard InChI is InChI=1S/C10H26O3Si2/c1-7-15(8-2,9-3)13-10-14(6,11-4)12-5/h7-10H2,1-6H3. The number of hydrogen-bond acceptors (Lipinski definition) is 3. The molecule has 0 rings (SSSR count). The van der Waals surface area contributed by atoms with E-state index >= 15 is 0 Å². The Balaban J connectivity index is 4.32. The second kappa shape index (κ2) is 6.80. The average molecular weight is 250 g/mol. The first-order valence-corrected chi connectivity index (χ1v) is 10.8. The Morgan fingerprint density at radius 2 is 1.27 bits per heavy atom. The minimum Gasteiger partial charge on any atom is -0.415 e. The highest BCUT2D eigenvalue weighted by Gasteiger charge is 2.36. The smallest absolute Gasteiger partial charge is 0.359 e. The zero-order valence-corrected chi connectivity index (χ0v) is 13.1. The molecule has 5 heteroatoms. The van der Waals surface area contributed by atoms with E-state index in [1.165, 1.54) is 18.1 Å². The van der Waals surface area contributed by atoms with Gasteiger partial charge in [-0.1, -0.05) is 20.8 Å². The first-order valence-electron chi connectivity index (χ1n) is 5.75. The predicted molar refractivity (Wildman–Crippen MR) is 68.8 cm³/mol. The molecule has 0 amide bonds. The van der Waals surface area contributed by atoms with Crippen LogP contribution < -0.4 is 0 Å². The van der Waals surface area contributed by atoms with Gasteiger partial charge in [0.15, 0.2) is 8.32 Å². The number of hydrogen-bond donors (Lipinski definition) is 0. The average Bonchev–Trinajstić information content (AvgIpc) is 2.31. The molecule has 0 saturated carbocycles. The molecule has 92 valence electrons. The fourth-order valence-corrected chi connectivity index (χ4v) is 6.33. The first kappa shape index (κ1) is 15.3. The summed E-state index contributed by atoms with van der Waals surface area (Å²) in [6.07, 6.45) is 0.668. The molecule has 0 atom stereocenters. The normalized spacial score (nSPS) is 13.2. The van der Waals surface area contributed by atoms with Crippen molar-refractivity contribution >= 4 is 16.9 Å². The predicted octanol–water partition coefficient (Wildman–Crippen LogP) is 2.91. The minimum atomic E-state index is -2.04. The summed E-state index contributed by atoms with van der Waals surface area (Å²) < 4.78 is 17.0. The molecule has 0 aliphatic carbocycles. The Bertz CT molecular complexity index is 160. The lowest BCUT2D eigenvalue weighted by molar-refractivity contribution is 0.207. The van der Waals surface area contributed by atoms with E-state index in [1.54, 1.807) is 14.2 Å². The van der Waals surface area contributed by atoms with Crippen molar-refractivity contribution in [2.24, 2.45) is 0 Å². The van der Waals surface area contributed by atoms with Gasteiger partial charge in [0.25, 0.3) is 0 Å². The SMILES string of the molecule is CC[Si](CC)(CC)OC[Si](C)(OC)OC. The van der Waals surface area contributed by atoms with Gasteiger partial charge in [0, 0.05) is 14.2 Å². The van der Waals surface area contributed by atoms with E-state index in [-0.39, 0.29) is 0 Å². The first-order chi connectivity index (χ1) is 7.01. The summed E-state index contributed by atoms with van der Waals surface area (Å²) in [5.74, 6) is 0. The summed E-state index contributed by atoms with van der Waals surface area (Å²) >= 11 is 0. The van der Waals surface area contributed by atoms with Crippen LogP contribution in [0.1, 0.15) is 20.8 Å². The molecule has 0 aromatic rings. The van der Waals surface area contributed by atoms with Crippen molar-refractivity contribution in [2.75, 3.05) is 20.4 Å². The lowest BCUT2D eigenvalue weighted by Crippen LogP contribution is -2.48. The number of rotatable bonds is 8. The monoisotopic (exact) mass is 250 g/mol. The van der Waals surface area contributed by atoms with Crippen LogP contribution in [-0.4, -0.2) is 37.3 Å². The van der Waals surface area contributed by atoms with Crippen molar-refractivity contribution in [3.05, 3.63) is 0 Å². The molecule has 0 N–H and O–H groups in total. The zero-order valence-electron chi connectivity index (χ0n) is 11.1. The van der Waals surface area contributed by atoms with E-state index in [1.807, 2.05) is 6.55 Å². The van der Waals surface area contributed by atoms with Crippen LogP contribution in [0.4, 0.5) is 0 Å². The fraction of sp³-hybridized carbons (Fsp3) is 1.00. The maximum Gasteiger partial charge on any atom is 0.359 e. The largest absolute Gasteiger partial charge is 0.415 e. The van der Waals surface area contributed by atoms with Crippen molar-refractivity contribution in [1.29, 1.82) is 0 Å². The molecule has 0 aliphatic heterocycles. The van der Waals surface area contributed by atoms with Gasteiger partial charge in [-0.2, -0.15) is 0 Å². The third-order valence-corrected chi connectivity index (χ3v) is 10.7. The molecule has 0 bridgehead atoms. The minimum absolute atomic E-state index is 0.668. The lowest BCUT2D eigenvalue weighted by atomic mass is 10.9. The van der Waals surface area contributed by atoms with Crippen LogP contribution in [0.3, 0.4) is 0 Å². The molecule has 0 aromatic heterocycles. The maximum absolute atomic E-state index is 6.17. The van der Waals surface area contributed by atoms with Crippen molar-refractivity contribution in [3.63, 3.8) is 0 Å². The van der Waals surface area contributed by atoms with Gasteiger partial charge in [0.05, 0.1) is 6.23 Å². The van der Waals surface area contributed by atoms with Crippen LogP contribution in [0, 0.1) is 0 Å². The van der Waals surface area contributed by atoms with E-state index < -0.39 is 16.9 Å². The van der Waals surface area contributed by atoms with Gasteiger partial charge < -0.3 is 13.3 Å². The molecular formula is C10H26O3Si2. The fourth-order valence-electron chi connectivity index (χ4n) is 1.54. The van der Waals surface area contributed by atoms with Crippen LogP contribution in [0.15, 0.2) is 0 Å². The molecule has 0 spiro atoms. The van der Waals surface area contributed by atoms with Gasteiger partial charge in [0.1, 0.15) is 0 Å². The summed E-state index contributed by atoms with van der Waals surface area (Å²) in [5, 5.41) is 0. The summed E-state index contributed by atoms with van der Waals surface area (Å²) in [6, 6.07) is 3.54. The Hall–Kier alpha value is 0.314. The van der Waals surface area contributed by atoms with E-state index in [0.29, 0.717) is 6.23 Å². The van der Waals surface area contributed by atoms with Crippen LogP contribution in [0.2, 0.25) is 24.7 Å². The molecule has 0 radical (unpaired) electrons. The highest BCUT2D eigenvalue weighted by Crippen LogP contribution is 2.23.